The summed E-state index contributed by atoms with van der Waals surface area (Å²) < 4.78 is 1.07. The predicted molar refractivity (Wildman–Crippen MR) is 65.3 cm³/mol. The number of rotatable bonds is 3. The Morgan fingerprint density at radius 2 is 2.40 bits per heavy atom. The lowest BCUT2D eigenvalue weighted by atomic mass is 10.3. The molecule has 0 atom stereocenters. The summed E-state index contributed by atoms with van der Waals surface area (Å²) in [5.74, 6) is -0.126. The molecule has 15 heavy (non-hydrogen) atoms. The van der Waals surface area contributed by atoms with Crippen LogP contribution in [0.2, 0.25) is 0 Å². The highest BCUT2D eigenvalue weighted by Gasteiger charge is 2.07. The summed E-state index contributed by atoms with van der Waals surface area (Å²) in [6.07, 6.45) is 0. The third-order valence-corrected chi connectivity index (χ3v) is 3.88. The Morgan fingerprint density at radius 1 is 1.53 bits per heavy atom. The molecule has 78 valence electrons. The van der Waals surface area contributed by atoms with Gasteiger partial charge in [-0.1, -0.05) is 0 Å². The molecule has 0 bridgehead atoms. The molecule has 2 rings (SSSR count). The average molecular weight is 303 g/mol. The summed E-state index contributed by atoms with van der Waals surface area (Å²) in [5.41, 5.74) is 3.22. The van der Waals surface area contributed by atoms with Gasteiger partial charge in [-0.15, -0.1) is 22.7 Å². The molecule has 0 radical (unpaired) electrons. The first-order valence-corrected chi connectivity index (χ1v) is 6.76. The van der Waals surface area contributed by atoms with Gasteiger partial charge in [0.25, 0.3) is 5.91 Å². The van der Waals surface area contributed by atoms with Crippen LogP contribution in [0.15, 0.2) is 26.1 Å². The lowest BCUT2D eigenvalue weighted by Gasteiger charge is -1.99. The van der Waals surface area contributed by atoms with E-state index in [1.54, 1.807) is 22.2 Å². The number of carbonyl (C=O) groups is 1. The normalized spacial score (nSPS) is 10.2. The third kappa shape index (κ3) is 2.87. The Kier molecular flexibility index (Phi) is 3.50. The van der Waals surface area contributed by atoms with E-state index in [0.29, 0.717) is 12.2 Å². The molecule has 0 aliphatic rings. The van der Waals surface area contributed by atoms with E-state index in [0.717, 1.165) is 9.35 Å². The van der Waals surface area contributed by atoms with E-state index in [4.69, 9.17) is 0 Å². The fraction of sp³-hybridized carbons (Fsp3) is 0.111. The number of aromatic nitrogens is 1. The van der Waals surface area contributed by atoms with Crippen molar-refractivity contribution in [1.82, 2.24) is 10.3 Å². The first-order valence-electron chi connectivity index (χ1n) is 4.15. The first-order chi connectivity index (χ1) is 7.25. The van der Waals surface area contributed by atoms with Crippen LogP contribution in [0.1, 0.15) is 16.1 Å². The van der Waals surface area contributed by atoms with Gasteiger partial charge in [0.15, 0.2) is 0 Å². The fourth-order valence-electron chi connectivity index (χ4n) is 1.04. The lowest BCUT2D eigenvalue weighted by Crippen LogP contribution is -2.22. The molecule has 0 aliphatic carbocycles. The van der Waals surface area contributed by atoms with Crippen LogP contribution in [-0.4, -0.2) is 10.9 Å². The van der Waals surface area contributed by atoms with Gasteiger partial charge in [0, 0.05) is 11.9 Å². The summed E-state index contributed by atoms with van der Waals surface area (Å²) in [4.78, 5) is 15.4. The highest BCUT2D eigenvalue weighted by atomic mass is 79.9. The van der Waals surface area contributed by atoms with Crippen molar-refractivity contribution < 1.29 is 4.79 Å². The van der Waals surface area contributed by atoms with Gasteiger partial charge in [-0.2, -0.15) is 0 Å². The van der Waals surface area contributed by atoms with E-state index in [2.05, 4.69) is 26.2 Å². The Hall–Kier alpha value is -0.720. The number of halogens is 1. The van der Waals surface area contributed by atoms with Crippen molar-refractivity contribution in [2.45, 2.75) is 6.54 Å². The van der Waals surface area contributed by atoms with Gasteiger partial charge in [-0.3, -0.25) is 4.79 Å². The Morgan fingerprint density at radius 3 is 3.00 bits per heavy atom. The Bertz CT molecular complexity index is 452. The maximum atomic E-state index is 11.5. The number of thiophene rings is 1. The Balaban J connectivity index is 1.91. The summed E-state index contributed by atoms with van der Waals surface area (Å²) in [6, 6.07) is 1.99. The molecule has 0 saturated carbocycles. The minimum atomic E-state index is -0.126. The van der Waals surface area contributed by atoms with E-state index < -0.39 is 0 Å². The second kappa shape index (κ2) is 4.87. The Labute approximate surface area is 103 Å². The molecule has 0 unspecified atom stereocenters. The van der Waals surface area contributed by atoms with Gasteiger partial charge >= 0.3 is 0 Å². The number of hydrogen-bond donors (Lipinski definition) is 1. The van der Waals surface area contributed by atoms with Crippen molar-refractivity contribution in [1.29, 1.82) is 0 Å². The molecular formula is C9H7BrN2OS2. The van der Waals surface area contributed by atoms with Gasteiger partial charge < -0.3 is 5.32 Å². The summed E-state index contributed by atoms with van der Waals surface area (Å²) in [6.45, 7) is 0.540. The molecule has 0 fully saturated rings. The molecular weight excluding hydrogens is 296 g/mol. The second-order valence-electron chi connectivity index (χ2n) is 2.82. The zero-order valence-corrected chi connectivity index (χ0v) is 10.8. The standard InChI is InChI=1S/C9H7BrN2OS2/c10-8-1-6(3-15-8)2-11-9(13)7-4-14-5-12-7/h1,3-5H,2H2,(H,11,13). The molecule has 1 N–H and O–H groups in total. The molecule has 2 aromatic rings. The minimum Gasteiger partial charge on any atom is -0.347 e. The van der Waals surface area contributed by atoms with Gasteiger partial charge in [0.1, 0.15) is 5.69 Å². The molecule has 2 heterocycles. The topological polar surface area (TPSA) is 42.0 Å². The van der Waals surface area contributed by atoms with Gasteiger partial charge in [-0.25, -0.2) is 4.98 Å². The summed E-state index contributed by atoms with van der Waals surface area (Å²) in [5, 5.41) is 6.55. The SMILES string of the molecule is O=C(NCc1csc(Br)c1)c1cscn1. The molecule has 2 aromatic heterocycles. The number of amides is 1. The molecule has 0 aromatic carbocycles. The van der Waals surface area contributed by atoms with Crippen molar-refractivity contribution in [3.05, 3.63) is 37.4 Å². The molecule has 6 heteroatoms. The van der Waals surface area contributed by atoms with Crippen LogP contribution in [0.5, 0.6) is 0 Å². The molecule has 0 spiro atoms. The highest BCUT2D eigenvalue weighted by Crippen LogP contribution is 2.20. The predicted octanol–water partition coefficient (Wildman–Crippen LogP) is 2.90. The quantitative estimate of drug-likeness (QED) is 0.947. The van der Waals surface area contributed by atoms with E-state index in [-0.39, 0.29) is 5.91 Å². The first kappa shape index (κ1) is 10.8. The van der Waals surface area contributed by atoms with Crippen molar-refractivity contribution >= 4 is 44.5 Å². The average Bonchev–Trinajstić information content (AvgIpc) is 2.84. The van der Waals surface area contributed by atoms with Gasteiger partial charge in [0.2, 0.25) is 0 Å². The van der Waals surface area contributed by atoms with Crippen LogP contribution in [-0.2, 0) is 6.54 Å². The number of carbonyl (C=O) groups excluding carboxylic acids is 1. The minimum absolute atomic E-state index is 0.126. The van der Waals surface area contributed by atoms with Crippen LogP contribution in [0.3, 0.4) is 0 Å². The van der Waals surface area contributed by atoms with Gasteiger partial charge in [-0.05, 0) is 32.9 Å². The largest absolute Gasteiger partial charge is 0.347 e. The fourth-order valence-corrected chi connectivity index (χ4v) is 2.78. The second-order valence-corrected chi connectivity index (χ2v) is 5.82. The van der Waals surface area contributed by atoms with Gasteiger partial charge in [0.05, 0.1) is 9.30 Å². The van der Waals surface area contributed by atoms with E-state index in [1.165, 1.54) is 11.3 Å². The smallest absolute Gasteiger partial charge is 0.271 e. The molecule has 0 aliphatic heterocycles. The summed E-state index contributed by atoms with van der Waals surface area (Å²) in [7, 11) is 0. The van der Waals surface area contributed by atoms with Crippen molar-refractivity contribution in [3.8, 4) is 0 Å². The lowest BCUT2D eigenvalue weighted by molar-refractivity contribution is 0.0946. The molecule has 1 amide bonds. The van der Waals surface area contributed by atoms with E-state index in [1.807, 2.05) is 11.4 Å². The molecule has 0 saturated heterocycles. The van der Waals surface area contributed by atoms with Crippen molar-refractivity contribution in [2.24, 2.45) is 0 Å². The van der Waals surface area contributed by atoms with Crippen LogP contribution in [0, 0.1) is 0 Å². The monoisotopic (exact) mass is 302 g/mol. The van der Waals surface area contributed by atoms with Crippen LogP contribution in [0.25, 0.3) is 0 Å². The molecule has 3 nitrogen and oxygen atoms in total. The zero-order valence-electron chi connectivity index (χ0n) is 7.57. The van der Waals surface area contributed by atoms with Crippen LogP contribution in [0.4, 0.5) is 0 Å². The van der Waals surface area contributed by atoms with Crippen LogP contribution >= 0.6 is 38.6 Å². The number of thiazole rings is 1. The zero-order chi connectivity index (χ0) is 10.7. The van der Waals surface area contributed by atoms with Crippen LogP contribution < -0.4 is 5.32 Å². The van der Waals surface area contributed by atoms with Crippen molar-refractivity contribution in [3.63, 3.8) is 0 Å². The van der Waals surface area contributed by atoms with Crippen molar-refractivity contribution in [2.75, 3.05) is 0 Å². The summed E-state index contributed by atoms with van der Waals surface area (Å²) >= 11 is 6.39. The van der Waals surface area contributed by atoms with E-state index >= 15 is 0 Å². The maximum absolute atomic E-state index is 11.5. The number of nitrogens with zero attached hydrogens (tertiary/aromatic N) is 1. The number of nitrogens with one attached hydrogen (secondary N) is 1. The third-order valence-electron chi connectivity index (χ3n) is 1.74. The number of hydrogen-bond acceptors (Lipinski definition) is 4. The highest BCUT2D eigenvalue weighted by molar-refractivity contribution is 9.11. The van der Waals surface area contributed by atoms with E-state index in [9.17, 15) is 4.79 Å². The maximum Gasteiger partial charge on any atom is 0.271 e.